The quantitative estimate of drug-likeness (QED) is 0.867. The van der Waals surface area contributed by atoms with Crippen LogP contribution in [0, 0.1) is 17.2 Å². The molecular formula is C13H20N4O3. The van der Waals surface area contributed by atoms with Crippen LogP contribution in [0.2, 0.25) is 0 Å². The SMILES string of the molecule is CC(C)c1noc(=O)n1CC(=O)NC(C)(C#N)C(C)C. The fraction of sp³-hybridized carbons (Fsp3) is 0.692. The summed E-state index contributed by atoms with van der Waals surface area (Å²) in [6.07, 6.45) is 0. The van der Waals surface area contributed by atoms with Gasteiger partial charge in [0.05, 0.1) is 6.07 Å². The van der Waals surface area contributed by atoms with Gasteiger partial charge in [0.25, 0.3) is 0 Å². The molecule has 0 aliphatic rings. The van der Waals surface area contributed by atoms with Crippen molar-refractivity contribution in [3.05, 3.63) is 16.4 Å². The number of amides is 1. The molecule has 1 heterocycles. The molecule has 7 nitrogen and oxygen atoms in total. The Morgan fingerprint density at radius 1 is 1.50 bits per heavy atom. The number of nitrogens with zero attached hydrogens (tertiary/aromatic N) is 3. The average molecular weight is 280 g/mol. The van der Waals surface area contributed by atoms with Crippen molar-refractivity contribution >= 4 is 5.91 Å². The minimum absolute atomic E-state index is 0.0401. The Bertz CT molecular complexity index is 579. The predicted octanol–water partition coefficient (Wildman–Crippen LogP) is 1.01. The molecule has 0 saturated heterocycles. The summed E-state index contributed by atoms with van der Waals surface area (Å²) in [6, 6.07) is 2.08. The molecule has 7 heteroatoms. The van der Waals surface area contributed by atoms with Gasteiger partial charge in [0.15, 0.2) is 5.82 Å². The Balaban J connectivity index is 2.91. The zero-order valence-electron chi connectivity index (χ0n) is 12.4. The molecule has 0 aromatic carbocycles. The lowest BCUT2D eigenvalue weighted by atomic mass is 9.90. The molecule has 1 unspecified atom stereocenters. The molecule has 0 saturated carbocycles. The second-order valence-electron chi connectivity index (χ2n) is 5.56. The summed E-state index contributed by atoms with van der Waals surface area (Å²) >= 11 is 0. The van der Waals surface area contributed by atoms with E-state index in [9.17, 15) is 9.59 Å². The number of nitrogens with one attached hydrogen (secondary N) is 1. The molecular weight excluding hydrogens is 260 g/mol. The number of rotatable bonds is 5. The molecule has 1 atom stereocenters. The van der Waals surface area contributed by atoms with Crippen LogP contribution >= 0.6 is 0 Å². The third-order valence-corrected chi connectivity index (χ3v) is 3.32. The fourth-order valence-corrected chi connectivity index (χ4v) is 1.61. The van der Waals surface area contributed by atoms with E-state index >= 15 is 0 Å². The minimum atomic E-state index is -0.976. The van der Waals surface area contributed by atoms with Crippen molar-refractivity contribution in [1.82, 2.24) is 15.0 Å². The van der Waals surface area contributed by atoms with Crippen LogP contribution in [0.25, 0.3) is 0 Å². The molecule has 0 radical (unpaired) electrons. The molecule has 0 aliphatic carbocycles. The Morgan fingerprint density at radius 3 is 2.55 bits per heavy atom. The molecule has 1 amide bonds. The summed E-state index contributed by atoms with van der Waals surface area (Å²) in [7, 11) is 0. The lowest BCUT2D eigenvalue weighted by molar-refractivity contribution is -0.123. The first-order valence-electron chi connectivity index (χ1n) is 6.50. The first kappa shape index (κ1) is 16.0. The summed E-state index contributed by atoms with van der Waals surface area (Å²) in [6.45, 7) is 8.82. The third kappa shape index (κ3) is 3.26. The fourth-order valence-electron chi connectivity index (χ4n) is 1.61. The number of aromatic nitrogens is 2. The number of nitriles is 1. The highest BCUT2D eigenvalue weighted by Gasteiger charge is 2.30. The normalized spacial score (nSPS) is 14.1. The van der Waals surface area contributed by atoms with Gasteiger partial charge < -0.3 is 5.32 Å². The maximum Gasteiger partial charge on any atom is 0.442 e. The molecule has 1 aromatic heterocycles. The third-order valence-electron chi connectivity index (χ3n) is 3.32. The van der Waals surface area contributed by atoms with Gasteiger partial charge in [0, 0.05) is 5.92 Å². The lowest BCUT2D eigenvalue weighted by Crippen LogP contribution is -2.50. The highest BCUT2D eigenvalue weighted by molar-refractivity contribution is 5.77. The van der Waals surface area contributed by atoms with Crippen molar-refractivity contribution in [2.75, 3.05) is 0 Å². The van der Waals surface area contributed by atoms with Gasteiger partial charge in [0.1, 0.15) is 12.1 Å². The first-order valence-corrected chi connectivity index (χ1v) is 6.50. The number of carbonyl (C=O) groups excluding carboxylic acids is 1. The maximum atomic E-state index is 12.0. The van der Waals surface area contributed by atoms with E-state index in [1.807, 2.05) is 27.7 Å². The van der Waals surface area contributed by atoms with Crippen LogP contribution in [0.5, 0.6) is 0 Å². The van der Waals surface area contributed by atoms with Crippen LogP contribution in [0.15, 0.2) is 9.32 Å². The number of hydrogen-bond donors (Lipinski definition) is 1. The van der Waals surface area contributed by atoms with Gasteiger partial charge in [-0.05, 0) is 12.8 Å². The lowest BCUT2D eigenvalue weighted by Gasteiger charge is -2.27. The van der Waals surface area contributed by atoms with Gasteiger partial charge in [-0.1, -0.05) is 32.9 Å². The molecule has 0 aliphatic heterocycles. The van der Waals surface area contributed by atoms with Crippen molar-refractivity contribution in [1.29, 1.82) is 5.26 Å². The van der Waals surface area contributed by atoms with E-state index in [2.05, 4.69) is 21.1 Å². The maximum absolute atomic E-state index is 12.0. The van der Waals surface area contributed by atoms with E-state index in [1.54, 1.807) is 6.92 Å². The second-order valence-corrected chi connectivity index (χ2v) is 5.56. The van der Waals surface area contributed by atoms with Gasteiger partial charge in [-0.15, -0.1) is 0 Å². The summed E-state index contributed by atoms with van der Waals surface area (Å²) in [5.41, 5.74) is -0.976. The minimum Gasteiger partial charge on any atom is -0.336 e. The number of hydrogen-bond acceptors (Lipinski definition) is 5. The largest absolute Gasteiger partial charge is 0.442 e. The van der Waals surface area contributed by atoms with E-state index in [-0.39, 0.29) is 18.4 Å². The Labute approximate surface area is 117 Å². The van der Waals surface area contributed by atoms with Crippen molar-refractivity contribution in [3.63, 3.8) is 0 Å². The van der Waals surface area contributed by atoms with E-state index < -0.39 is 17.2 Å². The highest BCUT2D eigenvalue weighted by Crippen LogP contribution is 2.15. The molecule has 110 valence electrons. The van der Waals surface area contributed by atoms with Crippen LogP contribution in [0.1, 0.15) is 46.4 Å². The molecule has 0 fully saturated rings. The summed E-state index contributed by atoms with van der Waals surface area (Å²) in [5.74, 6) is -0.780. The highest BCUT2D eigenvalue weighted by atomic mass is 16.5. The molecule has 0 bridgehead atoms. The van der Waals surface area contributed by atoms with Gasteiger partial charge in [-0.2, -0.15) is 5.26 Å². The summed E-state index contributed by atoms with van der Waals surface area (Å²) < 4.78 is 5.75. The monoisotopic (exact) mass is 280 g/mol. The smallest absolute Gasteiger partial charge is 0.336 e. The van der Waals surface area contributed by atoms with E-state index in [1.165, 1.54) is 4.57 Å². The first-order chi connectivity index (χ1) is 9.21. The predicted molar refractivity (Wildman–Crippen MR) is 71.9 cm³/mol. The van der Waals surface area contributed by atoms with Crippen LogP contribution in [0.4, 0.5) is 0 Å². The average Bonchev–Trinajstić information content (AvgIpc) is 2.70. The molecule has 20 heavy (non-hydrogen) atoms. The standard InChI is InChI=1S/C13H20N4O3/c1-8(2)11-16-20-12(19)17(11)6-10(18)15-13(5,7-14)9(3)4/h8-9H,6H2,1-5H3,(H,15,18). The van der Waals surface area contributed by atoms with Crippen molar-refractivity contribution in [3.8, 4) is 6.07 Å². The van der Waals surface area contributed by atoms with Crippen LogP contribution in [-0.4, -0.2) is 21.2 Å². The summed E-state index contributed by atoms with van der Waals surface area (Å²) in [4.78, 5) is 23.6. The second kappa shape index (κ2) is 5.90. The van der Waals surface area contributed by atoms with Gasteiger partial charge >= 0.3 is 5.76 Å². The van der Waals surface area contributed by atoms with Crippen molar-refractivity contribution < 1.29 is 9.32 Å². The molecule has 1 aromatic rings. The van der Waals surface area contributed by atoms with E-state index in [0.29, 0.717) is 5.82 Å². The Kier molecular flexibility index (Phi) is 4.71. The molecule has 1 N–H and O–H groups in total. The Morgan fingerprint density at radius 2 is 2.10 bits per heavy atom. The van der Waals surface area contributed by atoms with Gasteiger partial charge in [0.2, 0.25) is 5.91 Å². The topological polar surface area (TPSA) is 101 Å². The summed E-state index contributed by atoms with van der Waals surface area (Å²) in [5, 5.41) is 15.5. The van der Waals surface area contributed by atoms with Crippen LogP contribution < -0.4 is 11.1 Å². The van der Waals surface area contributed by atoms with Gasteiger partial charge in [-0.25, -0.2) is 4.79 Å². The van der Waals surface area contributed by atoms with Gasteiger partial charge in [-0.3, -0.25) is 13.9 Å². The number of carbonyl (C=O) groups is 1. The van der Waals surface area contributed by atoms with Crippen molar-refractivity contribution in [2.24, 2.45) is 5.92 Å². The van der Waals surface area contributed by atoms with E-state index in [0.717, 1.165) is 0 Å². The van der Waals surface area contributed by atoms with E-state index in [4.69, 9.17) is 5.26 Å². The van der Waals surface area contributed by atoms with Crippen LogP contribution in [-0.2, 0) is 11.3 Å². The van der Waals surface area contributed by atoms with Crippen LogP contribution in [0.3, 0.4) is 0 Å². The Hall–Kier alpha value is -2.10. The van der Waals surface area contributed by atoms with Crippen molar-refractivity contribution in [2.45, 2.75) is 52.6 Å². The zero-order valence-corrected chi connectivity index (χ0v) is 12.4. The molecule has 0 spiro atoms. The molecule has 1 rings (SSSR count). The zero-order chi connectivity index (χ0) is 15.5.